The van der Waals surface area contributed by atoms with Crippen LogP contribution in [0.15, 0.2) is 42.6 Å². The van der Waals surface area contributed by atoms with Gasteiger partial charge in [0.2, 0.25) is 5.13 Å². The number of rotatable bonds is 6. The zero-order valence-electron chi connectivity index (χ0n) is 16.6. The van der Waals surface area contributed by atoms with Crippen molar-refractivity contribution >= 4 is 33.4 Å². The van der Waals surface area contributed by atoms with Crippen molar-refractivity contribution in [2.75, 3.05) is 5.32 Å². The number of benzene rings is 1. The molecule has 1 N–H and O–H groups in total. The van der Waals surface area contributed by atoms with Gasteiger partial charge in [-0.25, -0.2) is 9.67 Å². The van der Waals surface area contributed by atoms with Crippen molar-refractivity contribution in [1.82, 2.24) is 25.0 Å². The quantitative estimate of drug-likeness (QED) is 0.512. The third-order valence-corrected chi connectivity index (χ3v) is 5.35. The maximum atomic E-state index is 13.1. The molecule has 0 atom stereocenters. The Labute approximate surface area is 172 Å². The fourth-order valence-corrected chi connectivity index (χ4v) is 4.07. The molecule has 0 aliphatic rings. The summed E-state index contributed by atoms with van der Waals surface area (Å²) in [7, 11) is 0. The van der Waals surface area contributed by atoms with E-state index in [2.05, 4.69) is 34.5 Å². The summed E-state index contributed by atoms with van der Waals surface area (Å²) in [6.07, 6.45) is 2.54. The van der Waals surface area contributed by atoms with Crippen LogP contribution in [0.25, 0.3) is 22.3 Å². The summed E-state index contributed by atoms with van der Waals surface area (Å²) >= 11 is 1.41. The molecule has 0 bridgehead atoms. The summed E-state index contributed by atoms with van der Waals surface area (Å²) < 4.78 is 1.80. The van der Waals surface area contributed by atoms with E-state index in [9.17, 15) is 4.79 Å². The molecule has 0 saturated heterocycles. The maximum absolute atomic E-state index is 13.1. The molecular weight excluding hydrogens is 384 g/mol. The molecule has 7 nitrogen and oxygen atoms in total. The first-order chi connectivity index (χ1) is 14.0. The van der Waals surface area contributed by atoms with E-state index in [1.165, 1.54) is 11.3 Å². The van der Waals surface area contributed by atoms with Crippen LogP contribution in [0, 0.1) is 5.92 Å². The molecule has 4 rings (SSSR count). The number of nitrogens with zero attached hydrogens (tertiary/aromatic N) is 5. The molecule has 4 aromatic rings. The Hall–Kier alpha value is -3.13. The van der Waals surface area contributed by atoms with E-state index in [-0.39, 0.29) is 5.91 Å². The second-order valence-corrected chi connectivity index (χ2v) is 8.23. The van der Waals surface area contributed by atoms with Crippen molar-refractivity contribution < 1.29 is 4.79 Å². The summed E-state index contributed by atoms with van der Waals surface area (Å²) in [6.45, 7) is 6.93. The highest BCUT2D eigenvalue weighted by Gasteiger charge is 2.19. The molecule has 1 amide bonds. The molecule has 3 heterocycles. The molecule has 1 aromatic carbocycles. The van der Waals surface area contributed by atoms with E-state index in [1.807, 2.05) is 43.3 Å². The van der Waals surface area contributed by atoms with Crippen LogP contribution in [0.2, 0.25) is 0 Å². The van der Waals surface area contributed by atoms with Gasteiger partial charge in [-0.2, -0.15) is 5.10 Å². The number of carbonyl (C=O) groups is 1. The van der Waals surface area contributed by atoms with E-state index < -0.39 is 0 Å². The molecule has 0 aliphatic carbocycles. The summed E-state index contributed by atoms with van der Waals surface area (Å²) in [5, 5.41) is 17.7. The van der Waals surface area contributed by atoms with Crippen LogP contribution in [0.3, 0.4) is 0 Å². The lowest BCUT2D eigenvalue weighted by Gasteiger charge is -2.08. The Morgan fingerprint density at radius 1 is 1.21 bits per heavy atom. The second-order valence-electron chi connectivity index (χ2n) is 7.17. The smallest absolute Gasteiger partial charge is 0.258 e. The van der Waals surface area contributed by atoms with Crippen LogP contribution in [0.5, 0.6) is 0 Å². The van der Waals surface area contributed by atoms with Gasteiger partial charge in [-0.3, -0.25) is 10.1 Å². The molecule has 0 radical (unpaired) electrons. The first-order valence-corrected chi connectivity index (χ1v) is 10.4. The van der Waals surface area contributed by atoms with Crippen molar-refractivity contribution in [1.29, 1.82) is 0 Å². The van der Waals surface area contributed by atoms with Crippen LogP contribution < -0.4 is 5.32 Å². The number of hydrogen-bond donors (Lipinski definition) is 1. The Bertz CT molecular complexity index is 1150. The summed E-state index contributed by atoms with van der Waals surface area (Å²) in [4.78, 5) is 17.9. The minimum absolute atomic E-state index is 0.238. The molecule has 0 fully saturated rings. The lowest BCUT2D eigenvalue weighted by molar-refractivity contribution is 0.102. The van der Waals surface area contributed by atoms with Gasteiger partial charge in [-0.05, 0) is 18.9 Å². The summed E-state index contributed by atoms with van der Waals surface area (Å²) in [5.41, 5.74) is 2.89. The summed E-state index contributed by atoms with van der Waals surface area (Å²) in [5.74, 6) is 0.247. The first kappa shape index (κ1) is 19.2. The van der Waals surface area contributed by atoms with Crippen LogP contribution in [0.4, 0.5) is 5.13 Å². The lowest BCUT2D eigenvalue weighted by atomic mass is 10.1. The Kier molecular flexibility index (Phi) is 5.35. The topological polar surface area (TPSA) is 85.6 Å². The Balaban J connectivity index is 1.72. The highest BCUT2D eigenvalue weighted by molar-refractivity contribution is 7.15. The number of fused-ring (bicyclic) bond motifs is 1. The first-order valence-electron chi connectivity index (χ1n) is 9.61. The van der Waals surface area contributed by atoms with Gasteiger partial charge in [-0.1, -0.05) is 55.5 Å². The fourth-order valence-electron chi connectivity index (χ4n) is 3.12. The van der Waals surface area contributed by atoms with Gasteiger partial charge in [0.15, 0.2) is 5.65 Å². The van der Waals surface area contributed by atoms with Crippen LogP contribution >= 0.6 is 11.3 Å². The van der Waals surface area contributed by atoms with E-state index in [0.717, 1.165) is 28.1 Å². The molecule has 0 unspecified atom stereocenters. The SMILES string of the molecule is CCn1ncc2c(C(=O)Nc3nnc(CC(C)C)s3)cc(-c3ccccc3)nc21. The summed E-state index contributed by atoms with van der Waals surface area (Å²) in [6, 6.07) is 11.6. The number of amides is 1. The van der Waals surface area contributed by atoms with E-state index in [0.29, 0.717) is 28.8 Å². The van der Waals surface area contributed by atoms with Crippen LogP contribution in [-0.2, 0) is 13.0 Å². The monoisotopic (exact) mass is 406 g/mol. The number of carbonyl (C=O) groups excluding carboxylic acids is 1. The number of hydrogen-bond acceptors (Lipinski definition) is 6. The minimum atomic E-state index is -0.238. The third-order valence-electron chi connectivity index (χ3n) is 4.49. The Morgan fingerprint density at radius 3 is 2.72 bits per heavy atom. The van der Waals surface area contributed by atoms with Gasteiger partial charge in [-0.15, -0.1) is 10.2 Å². The van der Waals surface area contributed by atoms with Gasteiger partial charge >= 0.3 is 0 Å². The van der Waals surface area contributed by atoms with Crippen molar-refractivity contribution in [2.45, 2.75) is 33.7 Å². The second kappa shape index (κ2) is 8.08. The lowest BCUT2D eigenvalue weighted by Crippen LogP contribution is -2.13. The standard InChI is InChI=1S/C21H22N6OS/c1-4-27-19-16(12-22-27)15(11-17(23-19)14-8-6-5-7-9-14)20(28)24-21-26-25-18(29-21)10-13(2)3/h5-9,11-13H,4,10H2,1-3H3,(H,24,26,28). The zero-order valence-corrected chi connectivity index (χ0v) is 17.4. The highest BCUT2D eigenvalue weighted by atomic mass is 32.1. The molecule has 0 spiro atoms. The van der Waals surface area contributed by atoms with Gasteiger partial charge in [0.05, 0.1) is 22.8 Å². The predicted octanol–water partition coefficient (Wildman–Crippen LogP) is 4.42. The number of pyridine rings is 1. The number of anilines is 1. The fraction of sp³-hybridized carbons (Fsp3) is 0.286. The number of nitrogens with one attached hydrogen (secondary N) is 1. The Morgan fingerprint density at radius 2 is 2.00 bits per heavy atom. The average molecular weight is 407 g/mol. The van der Waals surface area contributed by atoms with Gasteiger partial charge in [0.1, 0.15) is 5.01 Å². The van der Waals surface area contributed by atoms with Crippen molar-refractivity contribution in [3.63, 3.8) is 0 Å². The number of aromatic nitrogens is 5. The molecule has 148 valence electrons. The normalized spacial score (nSPS) is 11.3. The highest BCUT2D eigenvalue weighted by Crippen LogP contribution is 2.26. The molecule has 8 heteroatoms. The van der Waals surface area contributed by atoms with Gasteiger partial charge in [0.25, 0.3) is 5.91 Å². The van der Waals surface area contributed by atoms with Crippen LogP contribution in [-0.4, -0.2) is 30.9 Å². The minimum Gasteiger partial charge on any atom is -0.296 e. The molecule has 0 saturated carbocycles. The van der Waals surface area contributed by atoms with E-state index in [1.54, 1.807) is 10.9 Å². The van der Waals surface area contributed by atoms with Crippen molar-refractivity contribution in [3.8, 4) is 11.3 Å². The van der Waals surface area contributed by atoms with Crippen molar-refractivity contribution in [2.24, 2.45) is 5.92 Å². The van der Waals surface area contributed by atoms with Crippen LogP contribution in [0.1, 0.15) is 36.1 Å². The van der Waals surface area contributed by atoms with Gasteiger partial charge in [0, 0.05) is 18.5 Å². The van der Waals surface area contributed by atoms with Gasteiger partial charge < -0.3 is 0 Å². The van der Waals surface area contributed by atoms with E-state index >= 15 is 0 Å². The van der Waals surface area contributed by atoms with E-state index in [4.69, 9.17) is 4.98 Å². The van der Waals surface area contributed by atoms with Crippen molar-refractivity contribution in [3.05, 3.63) is 53.2 Å². The zero-order chi connectivity index (χ0) is 20.4. The molecular formula is C21H22N6OS. The molecule has 29 heavy (non-hydrogen) atoms. The predicted molar refractivity (Wildman–Crippen MR) is 115 cm³/mol. The molecule has 3 aromatic heterocycles. The largest absolute Gasteiger partial charge is 0.296 e. The average Bonchev–Trinajstić information content (AvgIpc) is 3.33. The number of aryl methyl sites for hydroxylation is 1. The third kappa shape index (κ3) is 4.02. The molecule has 0 aliphatic heterocycles. The maximum Gasteiger partial charge on any atom is 0.258 e.